The molecule has 8 heteroatoms. The van der Waals surface area contributed by atoms with Crippen LogP contribution in [0.2, 0.25) is 0 Å². The summed E-state index contributed by atoms with van der Waals surface area (Å²) in [5.74, 6) is -0.0958. The first-order valence-corrected chi connectivity index (χ1v) is 11.6. The van der Waals surface area contributed by atoms with Crippen molar-refractivity contribution in [1.29, 1.82) is 0 Å². The Labute approximate surface area is 176 Å². The fraction of sp³-hybridized carbons (Fsp3) is 0.667. The van der Waals surface area contributed by atoms with Gasteiger partial charge in [-0.05, 0) is 30.7 Å². The van der Waals surface area contributed by atoms with Crippen LogP contribution in [-0.2, 0) is 16.0 Å². The second-order valence-corrected chi connectivity index (χ2v) is 9.36. The summed E-state index contributed by atoms with van der Waals surface area (Å²) in [4.78, 5) is 44.7. The molecule has 4 rings (SSSR count). The summed E-state index contributed by atoms with van der Waals surface area (Å²) in [6, 6.07) is 3.92. The normalized spacial score (nSPS) is 22.3. The molecule has 2 aliphatic heterocycles. The number of rotatable bonds is 6. The molecule has 1 N–H and O–H groups in total. The lowest BCUT2D eigenvalue weighted by Crippen LogP contribution is -2.50. The molecule has 158 valence electrons. The highest BCUT2D eigenvalue weighted by molar-refractivity contribution is 7.09. The molecule has 3 aliphatic rings. The summed E-state index contributed by atoms with van der Waals surface area (Å²) in [6.45, 7) is 4.39. The minimum Gasteiger partial charge on any atom is -0.340 e. The van der Waals surface area contributed by atoms with E-state index in [1.54, 1.807) is 11.3 Å². The highest BCUT2D eigenvalue weighted by atomic mass is 32.1. The molecule has 7 nitrogen and oxygen atoms in total. The van der Waals surface area contributed by atoms with Gasteiger partial charge in [-0.1, -0.05) is 25.3 Å². The maximum Gasteiger partial charge on any atom is 0.325 e. The first kappa shape index (κ1) is 20.3. The van der Waals surface area contributed by atoms with Crippen molar-refractivity contribution < 1.29 is 14.4 Å². The molecule has 1 aromatic heterocycles. The number of thiophene rings is 1. The Bertz CT molecular complexity index is 737. The van der Waals surface area contributed by atoms with Gasteiger partial charge in [0.25, 0.3) is 5.91 Å². The zero-order valence-corrected chi connectivity index (χ0v) is 17.7. The van der Waals surface area contributed by atoms with Gasteiger partial charge in [0.15, 0.2) is 0 Å². The van der Waals surface area contributed by atoms with Crippen molar-refractivity contribution in [2.75, 3.05) is 39.3 Å². The number of piperazine rings is 1. The quantitative estimate of drug-likeness (QED) is 0.718. The number of carbonyl (C=O) groups is 3. The van der Waals surface area contributed by atoms with Crippen molar-refractivity contribution >= 4 is 29.2 Å². The van der Waals surface area contributed by atoms with E-state index in [1.165, 1.54) is 9.78 Å². The van der Waals surface area contributed by atoms with Gasteiger partial charge in [0, 0.05) is 50.6 Å². The maximum atomic E-state index is 12.8. The van der Waals surface area contributed by atoms with Crippen molar-refractivity contribution in [3.05, 3.63) is 22.4 Å². The Balaban J connectivity index is 1.21. The molecular formula is C21H30N4O3S. The van der Waals surface area contributed by atoms with Crippen molar-refractivity contribution in [3.8, 4) is 0 Å². The number of amides is 4. The Morgan fingerprint density at radius 1 is 1.07 bits per heavy atom. The summed E-state index contributed by atoms with van der Waals surface area (Å²) in [5.41, 5.74) is -0.702. The van der Waals surface area contributed by atoms with E-state index in [4.69, 9.17) is 0 Å². The van der Waals surface area contributed by atoms with Crippen LogP contribution in [0.15, 0.2) is 17.5 Å². The Morgan fingerprint density at radius 3 is 2.52 bits per heavy atom. The molecule has 2 saturated heterocycles. The molecule has 3 heterocycles. The lowest BCUT2D eigenvalue weighted by Gasteiger charge is -2.35. The summed E-state index contributed by atoms with van der Waals surface area (Å²) < 4.78 is 0. The van der Waals surface area contributed by atoms with Gasteiger partial charge < -0.3 is 10.2 Å². The minimum absolute atomic E-state index is 0.0353. The van der Waals surface area contributed by atoms with E-state index in [1.807, 2.05) is 4.90 Å². The fourth-order valence-corrected chi connectivity index (χ4v) is 5.38. The van der Waals surface area contributed by atoms with Crippen LogP contribution in [0, 0.1) is 0 Å². The van der Waals surface area contributed by atoms with Gasteiger partial charge in [0.1, 0.15) is 5.54 Å². The number of nitrogens with zero attached hydrogens (tertiary/aromatic N) is 3. The number of imide groups is 1. The number of urea groups is 1. The Hall–Kier alpha value is -1.93. The number of carbonyl (C=O) groups excluding carboxylic acids is 3. The minimum atomic E-state index is -0.702. The summed E-state index contributed by atoms with van der Waals surface area (Å²) in [7, 11) is 0. The van der Waals surface area contributed by atoms with Crippen LogP contribution < -0.4 is 5.32 Å². The second kappa shape index (κ2) is 8.83. The third-order valence-electron chi connectivity index (χ3n) is 6.48. The molecule has 3 fully saturated rings. The maximum absolute atomic E-state index is 12.8. The van der Waals surface area contributed by atoms with Gasteiger partial charge in [0.05, 0.1) is 0 Å². The van der Waals surface area contributed by atoms with Crippen LogP contribution in [0.5, 0.6) is 0 Å². The number of hydrogen-bond acceptors (Lipinski definition) is 5. The third-order valence-corrected chi connectivity index (χ3v) is 7.42. The molecule has 0 aromatic carbocycles. The molecule has 1 spiro atoms. The Morgan fingerprint density at radius 2 is 1.83 bits per heavy atom. The average Bonchev–Trinajstić information content (AvgIpc) is 3.33. The van der Waals surface area contributed by atoms with E-state index in [0.29, 0.717) is 13.1 Å². The van der Waals surface area contributed by atoms with E-state index in [2.05, 4.69) is 27.7 Å². The van der Waals surface area contributed by atoms with Crippen LogP contribution in [0.4, 0.5) is 4.79 Å². The van der Waals surface area contributed by atoms with Crippen molar-refractivity contribution in [1.82, 2.24) is 20.0 Å². The van der Waals surface area contributed by atoms with E-state index < -0.39 is 5.54 Å². The first-order chi connectivity index (χ1) is 14.1. The zero-order valence-electron chi connectivity index (χ0n) is 16.9. The van der Waals surface area contributed by atoms with Crippen LogP contribution in [0.25, 0.3) is 0 Å². The van der Waals surface area contributed by atoms with Gasteiger partial charge in [-0.25, -0.2) is 4.79 Å². The molecule has 29 heavy (non-hydrogen) atoms. The Kier molecular flexibility index (Phi) is 6.20. The summed E-state index contributed by atoms with van der Waals surface area (Å²) >= 11 is 1.79. The largest absolute Gasteiger partial charge is 0.340 e. The predicted octanol–water partition coefficient (Wildman–Crippen LogP) is 2.08. The van der Waals surface area contributed by atoms with Gasteiger partial charge >= 0.3 is 6.03 Å². The highest BCUT2D eigenvalue weighted by Gasteiger charge is 2.51. The molecule has 1 saturated carbocycles. The van der Waals surface area contributed by atoms with Crippen molar-refractivity contribution in [2.24, 2.45) is 0 Å². The van der Waals surface area contributed by atoms with Crippen LogP contribution >= 0.6 is 11.3 Å². The molecule has 4 amide bonds. The number of nitrogens with one attached hydrogen (secondary N) is 1. The standard InChI is InChI=1S/C21H30N4O3S/c26-18(24-14-12-23(13-15-24)10-6-17-5-4-16-29-17)7-11-25-19(27)21(22-20(25)28)8-2-1-3-9-21/h4-5,16H,1-3,6-15H2,(H,22,28). The smallest absolute Gasteiger partial charge is 0.325 e. The van der Waals surface area contributed by atoms with Crippen molar-refractivity contribution in [3.63, 3.8) is 0 Å². The molecular weight excluding hydrogens is 388 g/mol. The van der Waals surface area contributed by atoms with Gasteiger partial charge in [-0.2, -0.15) is 0 Å². The van der Waals surface area contributed by atoms with E-state index in [0.717, 1.165) is 58.2 Å². The van der Waals surface area contributed by atoms with E-state index >= 15 is 0 Å². The van der Waals surface area contributed by atoms with Crippen LogP contribution in [-0.4, -0.2) is 77.4 Å². The predicted molar refractivity (Wildman–Crippen MR) is 112 cm³/mol. The topological polar surface area (TPSA) is 73.0 Å². The molecule has 1 aliphatic carbocycles. The van der Waals surface area contributed by atoms with Crippen molar-refractivity contribution in [2.45, 2.75) is 50.5 Å². The molecule has 1 aromatic rings. The van der Waals surface area contributed by atoms with Gasteiger partial charge in [-0.15, -0.1) is 11.3 Å². The van der Waals surface area contributed by atoms with Crippen LogP contribution in [0.1, 0.15) is 43.4 Å². The summed E-state index contributed by atoms with van der Waals surface area (Å²) in [5, 5.41) is 5.02. The van der Waals surface area contributed by atoms with E-state index in [-0.39, 0.29) is 30.8 Å². The molecule has 0 unspecified atom stereocenters. The molecule has 0 radical (unpaired) electrons. The zero-order chi connectivity index (χ0) is 20.3. The van der Waals surface area contributed by atoms with Gasteiger partial charge in [0.2, 0.25) is 5.91 Å². The van der Waals surface area contributed by atoms with E-state index in [9.17, 15) is 14.4 Å². The van der Waals surface area contributed by atoms with Crippen LogP contribution in [0.3, 0.4) is 0 Å². The fourth-order valence-electron chi connectivity index (χ4n) is 4.68. The SMILES string of the molecule is O=C(CCN1C(=O)NC2(CCCCC2)C1=O)N1CCN(CCc2cccs2)CC1. The third kappa shape index (κ3) is 4.48. The lowest BCUT2D eigenvalue weighted by atomic mass is 9.82. The summed E-state index contributed by atoms with van der Waals surface area (Å²) in [6.07, 6.45) is 5.75. The lowest BCUT2D eigenvalue weighted by molar-refractivity contribution is -0.135. The monoisotopic (exact) mass is 418 g/mol. The second-order valence-electron chi connectivity index (χ2n) is 8.33. The molecule has 0 atom stereocenters. The molecule has 0 bridgehead atoms. The average molecular weight is 419 g/mol. The number of hydrogen-bond donors (Lipinski definition) is 1. The highest BCUT2D eigenvalue weighted by Crippen LogP contribution is 2.33. The van der Waals surface area contributed by atoms with Gasteiger partial charge in [-0.3, -0.25) is 19.4 Å². The first-order valence-electron chi connectivity index (χ1n) is 10.7.